The van der Waals surface area contributed by atoms with Crippen molar-refractivity contribution in [2.75, 3.05) is 19.9 Å². The van der Waals surface area contributed by atoms with Gasteiger partial charge in [-0.25, -0.2) is 0 Å². The molecule has 1 aromatic carbocycles. The van der Waals surface area contributed by atoms with Crippen molar-refractivity contribution in [1.29, 1.82) is 0 Å². The van der Waals surface area contributed by atoms with Gasteiger partial charge in [-0.05, 0) is 18.4 Å². The van der Waals surface area contributed by atoms with Crippen LogP contribution in [0, 0.1) is 5.92 Å². The number of rotatable bonds is 3. The maximum Gasteiger partial charge on any atom is 0.231 e. The van der Waals surface area contributed by atoms with Gasteiger partial charge < -0.3 is 19.7 Å². The predicted octanol–water partition coefficient (Wildman–Crippen LogP) is 1.76. The molecule has 0 bridgehead atoms. The van der Waals surface area contributed by atoms with Crippen molar-refractivity contribution in [2.24, 2.45) is 5.92 Å². The van der Waals surface area contributed by atoms with E-state index in [1.807, 2.05) is 17.0 Å². The molecular weight excluding hydrogens is 268 g/mol. The molecule has 0 aliphatic carbocycles. The van der Waals surface area contributed by atoms with Crippen LogP contribution in [0.4, 0.5) is 0 Å². The fraction of sp³-hybridized carbons (Fsp3) is 0.562. The molecule has 0 radical (unpaired) electrons. The smallest absolute Gasteiger partial charge is 0.231 e. The van der Waals surface area contributed by atoms with E-state index in [1.165, 1.54) is 0 Å². The third kappa shape index (κ3) is 2.97. The SMILES string of the molecule is CC(=O)N1CC[C@@H](NCc2cccc3c2OCO3)[C@@H](C)C1. The van der Waals surface area contributed by atoms with Crippen LogP contribution in [0.3, 0.4) is 0 Å². The lowest BCUT2D eigenvalue weighted by atomic mass is 9.93. The molecular formula is C16H22N2O3. The quantitative estimate of drug-likeness (QED) is 0.921. The Bertz CT molecular complexity index is 532. The summed E-state index contributed by atoms with van der Waals surface area (Å²) >= 11 is 0. The van der Waals surface area contributed by atoms with Gasteiger partial charge in [0.05, 0.1) is 0 Å². The molecule has 2 aliphatic rings. The molecule has 1 N–H and O–H groups in total. The van der Waals surface area contributed by atoms with E-state index in [1.54, 1.807) is 6.92 Å². The molecule has 21 heavy (non-hydrogen) atoms. The summed E-state index contributed by atoms with van der Waals surface area (Å²) < 4.78 is 10.9. The van der Waals surface area contributed by atoms with Crippen molar-refractivity contribution in [3.05, 3.63) is 23.8 Å². The molecule has 0 unspecified atom stereocenters. The average Bonchev–Trinajstić information content (AvgIpc) is 2.94. The first kappa shape index (κ1) is 14.2. The monoisotopic (exact) mass is 290 g/mol. The Hall–Kier alpha value is -1.75. The molecule has 1 amide bonds. The molecule has 1 aromatic rings. The zero-order valence-electron chi connectivity index (χ0n) is 12.6. The molecule has 2 heterocycles. The number of para-hydroxylation sites is 1. The third-order valence-electron chi connectivity index (χ3n) is 4.38. The van der Waals surface area contributed by atoms with Crippen LogP contribution in [0.1, 0.15) is 25.8 Å². The van der Waals surface area contributed by atoms with Crippen LogP contribution in [0.25, 0.3) is 0 Å². The van der Waals surface area contributed by atoms with Crippen molar-refractivity contribution in [2.45, 2.75) is 32.9 Å². The van der Waals surface area contributed by atoms with Crippen LogP contribution >= 0.6 is 0 Å². The van der Waals surface area contributed by atoms with Gasteiger partial charge >= 0.3 is 0 Å². The summed E-state index contributed by atoms with van der Waals surface area (Å²) in [6, 6.07) is 6.42. The molecule has 1 fully saturated rings. The Morgan fingerprint density at radius 2 is 2.29 bits per heavy atom. The second-order valence-electron chi connectivity index (χ2n) is 5.87. The summed E-state index contributed by atoms with van der Waals surface area (Å²) in [5, 5.41) is 3.60. The summed E-state index contributed by atoms with van der Waals surface area (Å²) in [5.41, 5.74) is 1.13. The van der Waals surface area contributed by atoms with Gasteiger partial charge in [-0.15, -0.1) is 0 Å². The Morgan fingerprint density at radius 3 is 3.05 bits per heavy atom. The van der Waals surface area contributed by atoms with Crippen LogP contribution in [0.5, 0.6) is 11.5 Å². The van der Waals surface area contributed by atoms with Crippen molar-refractivity contribution < 1.29 is 14.3 Å². The zero-order chi connectivity index (χ0) is 14.8. The second kappa shape index (κ2) is 5.93. The van der Waals surface area contributed by atoms with Gasteiger partial charge in [0.15, 0.2) is 11.5 Å². The second-order valence-corrected chi connectivity index (χ2v) is 5.87. The predicted molar refractivity (Wildman–Crippen MR) is 79.2 cm³/mol. The molecule has 2 atom stereocenters. The minimum absolute atomic E-state index is 0.173. The molecule has 0 spiro atoms. The van der Waals surface area contributed by atoms with Crippen LogP contribution in [0.2, 0.25) is 0 Å². The number of likely N-dealkylation sites (tertiary alicyclic amines) is 1. The number of hydrogen-bond donors (Lipinski definition) is 1. The fourth-order valence-corrected chi connectivity index (χ4v) is 3.11. The maximum absolute atomic E-state index is 11.4. The Balaban J connectivity index is 1.59. The summed E-state index contributed by atoms with van der Waals surface area (Å²) in [7, 11) is 0. The first-order valence-corrected chi connectivity index (χ1v) is 7.51. The normalized spacial score (nSPS) is 24.2. The minimum Gasteiger partial charge on any atom is -0.454 e. The first-order valence-electron chi connectivity index (χ1n) is 7.51. The Kier molecular flexibility index (Phi) is 4.01. The standard InChI is InChI=1S/C16H22N2O3/c1-11-9-18(12(2)19)7-6-14(11)17-8-13-4-3-5-15-16(13)21-10-20-15/h3-5,11,14,17H,6-10H2,1-2H3/t11-,14+/m0/s1. The number of ether oxygens (including phenoxy) is 2. The number of benzene rings is 1. The van der Waals surface area contributed by atoms with E-state index < -0.39 is 0 Å². The maximum atomic E-state index is 11.4. The van der Waals surface area contributed by atoms with Gasteiger partial charge in [-0.3, -0.25) is 4.79 Å². The van der Waals surface area contributed by atoms with Gasteiger partial charge in [-0.2, -0.15) is 0 Å². The van der Waals surface area contributed by atoms with E-state index in [0.29, 0.717) is 18.8 Å². The number of nitrogens with zero attached hydrogens (tertiary/aromatic N) is 1. The highest BCUT2D eigenvalue weighted by atomic mass is 16.7. The summed E-state index contributed by atoms with van der Waals surface area (Å²) in [4.78, 5) is 13.4. The largest absolute Gasteiger partial charge is 0.454 e. The van der Waals surface area contributed by atoms with E-state index >= 15 is 0 Å². The topological polar surface area (TPSA) is 50.8 Å². The molecule has 0 saturated carbocycles. The van der Waals surface area contributed by atoms with Gasteiger partial charge in [0, 0.05) is 38.2 Å². The number of nitrogens with one attached hydrogen (secondary N) is 1. The summed E-state index contributed by atoms with van der Waals surface area (Å²) in [6.07, 6.45) is 0.993. The number of carbonyl (C=O) groups excluding carboxylic acids is 1. The van der Waals surface area contributed by atoms with Gasteiger partial charge in [-0.1, -0.05) is 19.1 Å². The number of hydrogen-bond acceptors (Lipinski definition) is 4. The zero-order valence-corrected chi connectivity index (χ0v) is 12.6. The lowest BCUT2D eigenvalue weighted by Crippen LogP contribution is -2.49. The molecule has 1 saturated heterocycles. The van der Waals surface area contributed by atoms with E-state index in [2.05, 4.69) is 18.3 Å². The Labute approximate surface area is 125 Å². The van der Waals surface area contributed by atoms with Crippen molar-refractivity contribution in [3.63, 3.8) is 0 Å². The summed E-state index contributed by atoms with van der Waals surface area (Å²) in [5.74, 6) is 2.32. The molecule has 5 heteroatoms. The number of carbonyl (C=O) groups is 1. The van der Waals surface area contributed by atoms with E-state index in [9.17, 15) is 4.79 Å². The molecule has 0 aromatic heterocycles. The molecule has 114 valence electrons. The minimum atomic E-state index is 0.173. The van der Waals surface area contributed by atoms with Crippen molar-refractivity contribution in [1.82, 2.24) is 10.2 Å². The van der Waals surface area contributed by atoms with Gasteiger partial charge in [0.25, 0.3) is 0 Å². The van der Waals surface area contributed by atoms with E-state index in [0.717, 1.165) is 43.1 Å². The lowest BCUT2D eigenvalue weighted by molar-refractivity contribution is -0.130. The Morgan fingerprint density at radius 1 is 1.43 bits per heavy atom. The van der Waals surface area contributed by atoms with Gasteiger partial charge in [0.2, 0.25) is 12.7 Å². The van der Waals surface area contributed by atoms with Crippen LogP contribution in [0.15, 0.2) is 18.2 Å². The first-order chi connectivity index (χ1) is 10.1. The molecule has 5 nitrogen and oxygen atoms in total. The lowest BCUT2D eigenvalue weighted by Gasteiger charge is -2.37. The van der Waals surface area contributed by atoms with Crippen LogP contribution in [-0.2, 0) is 11.3 Å². The van der Waals surface area contributed by atoms with Crippen LogP contribution < -0.4 is 14.8 Å². The highest BCUT2D eigenvalue weighted by Gasteiger charge is 2.27. The number of fused-ring (bicyclic) bond motifs is 1. The highest BCUT2D eigenvalue weighted by Crippen LogP contribution is 2.35. The number of amides is 1. The van der Waals surface area contributed by atoms with Crippen molar-refractivity contribution >= 4 is 5.91 Å². The number of piperidine rings is 1. The van der Waals surface area contributed by atoms with Crippen molar-refractivity contribution in [3.8, 4) is 11.5 Å². The average molecular weight is 290 g/mol. The van der Waals surface area contributed by atoms with Gasteiger partial charge in [0.1, 0.15) is 0 Å². The van der Waals surface area contributed by atoms with Crippen LogP contribution in [-0.4, -0.2) is 36.7 Å². The van der Waals surface area contributed by atoms with E-state index in [4.69, 9.17) is 9.47 Å². The van der Waals surface area contributed by atoms with E-state index in [-0.39, 0.29) is 5.91 Å². The summed E-state index contributed by atoms with van der Waals surface area (Å²) in [6.45, 7) is 6.58. The highest BCUT2D eigenvalue weighted by molar-refractivity contribution is 5.73. The molecule has 3 rings (SSSR count). The molecule has 2 aliphatic heterocycles. The third-order valence-corrected chi connectivity index (χ3v) is 4.38. The fourth-order valence-electron chi connectivity index (χ4n) is 3.11.